The summed E-state index contributed by atoms with van der Waals surface area (Å²) in [6.07, 6.45) is 0.990. The van der Waals surface area contributed by atoms with Crippen molar-refractivity contribution in [1.29, 1.82) is 0 Å². The molecule has 1 rings (SSSR count). The Hall–Kier alpha value is -0.530. The third-order valence-corrected chi connectivity index (χ3v) is 2.74. The highest BCUT2D eigenvalue weighted by molar-refractivity contribution is 6.18. The van der Waals surface area contributed by atoms with E-state index in [1.165, 1.54) is 11.1 Å². The van der Waals surface area contributed by atoms with E-state index >= 15 is 0 Å². The van der Waals surface area contributed by atoms with E-state index in [0.29, 0.717) is 11.8 Å². The van der Waals surface area contributed by atoms with Crippen LogP contribution in [-0.2, 0) is 4.74 Å². The predicted molar refractivity (Wildman–Crippen MR) is 61.1 cm³/mol. The molecule has 0 saturated heterocycles. The average molecular weight is 213 g/mol. The lowest BCUT2D eigenvalue weighted by molar-refractivity contribution is 0.189. The number of rotatable bonds is 5. The highest BCUT2D eigenvalue weighted by Gasteiger charge is 2.09. The van der Waals surface area contributed by atoms with Crippen LogP contribution in [0.15, 0.2) is 24.3 Å². The maximum Gasteiger partial charge on any atom is 0.0468 e. The van der Waals surface area contributed by atoms with E-state index in [1.807, 2.05) is 0 Å². The molecular weight excluding hydrogens is 196 g/mol. The molecule has 0 aromatic heterocycles. The van der Waals surface area contributed by atoms with Gasteiger partial charge in [-0.15, -0.1) is 11.6 Å². The Morgan fingerprint density at radius 1 is 1.43 bits per heavy atom. The zero-order valence-corrected chi connectivity index (χ0v) is 9.55. The van der Waals surface area contributed by atoms with Crippen molar-refractivity contribution in [2.24, 2.45) is 0 Å². The minimum Gasteiger partial charge on any atom is -0.385 e. The number of hydrogen-bond acceptors (Lipinski definition) is 1. The zero-order valence-electron chi connectivity index (χ0n) is 8.79. The van der Waals surface area contributed by atoms with Gasteiger partial charge >= 0.3 is 0 Å². The number of halogens is 1. The van der Waals surface area contributed by atoms with E-state index < -0.39 is 0 Å². The monoisotopic (exact) mass is 212 g/mol. The van der Waals surface area contributed by atoms with Gasteiger partial charge in [-0.05, 0) is 24.8 Å². The third kappa shape index (κ3) is 3.32. The molecule has 0 amide bonds. The minimum atomic E-state index is 0.413. The smallest absolute Gasteiger partial charge is 0.0468 e. The summed E-state index contributed by atoms with van der Waals surface area (Å²) in [6.45, 7) is 2.87. The van der Waals surface area contributed by atoms with Gasteiger partial charge in [-0.2, -0.15) is 0 Å². The van der Waals surface area contributed by atoms with E-state index in [9.17, 15) is 0 Å². The molecule has 1 nitrogen and oxygen atoms in total. The van der Waals surface area contributed by atoms with Crippen LogP contribution >= 0.6 is 11.6 Å². The summed E-state index contributed by atoms with van der Waals surface area (Å²) in [5, 5.41) is 0. The summed E-state index contributed by atoms with van der Waals surface area (Å²) in [4.78, 5) is 0. The normalized spacial score (nSPS) is 12.8. The van der Waals surface area contributed by atoms with Crippen LogP contribution in [0.4, 0.5) is 0 Å². The molecule has 0 aliphatic rings. The Morgan fingerprint density at radius 2 is 2.21 bits per heavy atom. The molecule has 0 fully saturated rings. The zero-order chi connectivity index (χ0) is 10.4. The lowest BCUT2D eigenvalue weighted by atomic mass is 9.96. The van der Waals surface area contributed by atoms with Crippen LogP contribution in [0.5, 0.6) is 0 Å². The van der Waals surface area contributed by atoms with E-state index in [2.05, 4.69) is 31.2 Å². The van der Waals surface area contributed by atoms with Gasteiger partial charge in [0.05, 0.1) is 0 Å². The van der Waals surface area contributed by atoms with Gasteiger partial charge in [0.1, 0.15) is 0 Å². The number of hydrogen-bond donors (Lipinski definition) is 0. The molecule has 0 radical (unpaired) electrons. The Balaban J connectivity index is 2.68. The topological polar surface area (TPSA) is 9.23 Å². The van der Waals surface area contributed by atoms with Crippen molar-refractivity contribution in [1.82, 2.24) is 0 Å². The summed E-state index contributed by atoms with van der Waals surface area (Å²) in [7, 11) is 1.72. The highest BCUT2D eigenvalue weighted by Crippen LogP contribution is 2.21. The van der Waals surface area contributed by atoms with Crippen LogP contribution in [0.2, 0.25) is 0 Å². The van der Waals surface area contributed by atoms with Crippen LogP contribution < -0.4 is 0 Å². The van der Waals surface area contributed by atoms with Crippen LogP contribution in [-0.4, -0.2) is 19.6 Å². The second-order valence-electron chi connectivity index (χ2n) is 3.55. The quantitative estimate of drug-likeness (QED) is 0.681. The summed E-state index contributed by atoms with van der Waals surface area (Å²) in [5.74, 6) is 1.07. The van der Waals surface area contributed by atoms with Crippen LogP contribution in [0.1, 0.15) is 23.5 Å². The molecular formula is C12H17ClO. The van der Waals surface area contributed by atoms with Gasteiger partial charge in [0.15, 0.2) is 0 Å². The molecule has 1 unspecified atom stereocenters. The van der Waals surface area contributed by atoms with Gasteiger partial charge in [-0.1, -0.05) is 29.8 Å². The van der Waals surface area contributed by atoms with Gasteiger partial charge in [-0.25, -0.2) is 0 Å². The Morgan fingerprint density at radius 3 is 2.79 bits per heavy atom. The predicted octanol–water partition coefficient (Wildman–Crippen LogP) is 3.35. The van der Waals surface area contributed by atoms with Crippen molar-refractivity contribution in [3.05, 3.63) is 35.4 Å². The lowest BCUT2D eigenvalue weighted by Gasteiger charge is -2.14. The van der Waals surface area contributed by atoms with E-state index in [0.717, 1.165) is 13.0 Å². The van der Waals surface area contributed by atoms with Gasteiger partial charge < -0.3 is 4.74 Å². The first kappa shape index (κ1) is 11.5. The van der Waals surface area contributed by atoms with Crippen LogP contribution in [0.25, 0.3) is 0 Å². The van der Waals surface area contributed by atoms with Crippen molar-refractivity contribution in [2.75, 3.05) is 19.6 Å². The summed E-state index contributed by atoms with van der Waals surface area (Å²) < 4.78 is 5.07. The number of benzene rings is 1. The third-order valence-electron chi connectivity index (χ3n) is 2.37. The largest absolute Gasteiger partial charge is 0.385 e. The summed E-state index contributed by atoms with van der Waals surface area (Å²) in [5.41, 5.74) is 2.60. The van der Waals surface area contributed by atoms with Crippen molar-refractivity contribution < 1.29 is 4.74 Å². The Bertz CT molecular complexity index is 273. The number of alkyl halides is 1. The molecule has 0 N–H and O–H groups in total. The van der Waals surface area contributed by atoms with Crippen LogP contribution in [0, 0.1) is 6.92 Å². The first-order chi connectivity index (χ1) is 6.77. The van der Waals surface area contributed by atoms with E-state index in [-0.39, 0.29) is 0 Å². The lowest BCUT2D eigenvalue weighted by Crippen LogP contribution is -2.04. The van der Waals surface area contributed by atoms with Crippen molar-refractivity contribution >= 4 is 11.6 Å². The molecule has 0 aliphatic carbocycles. The molecule has 0 saturated carbocycles. The van der Waals surface area contributed by atoms with E-state index in [4.69, 9.17) is 16.3 Å². The number of methoxy groups -OCH3 is 1. The van der Waals surface area contributed by atoms with Gasteiger partial charge in [0, 0.05) is 19.6 Å². The second-order valence-corrected chi connectivity index (χ2v) is 3.86. The van der Waals surface area contributed by atoms with Crippen molar-refractivity contribution in [2.45, 2.75) is 19.3 Å². The molecule has 1 atom stereocenters. The molecule has 0 bridgehead atoms. The fourth-order valence-corrected chi connectivity index (χ4v) is 1.85. The first-order valence-corrected chi connectivity index (χ1v) is 5.43. The SMILES string of the molecule is COCCC(CCl)c1cccc(C)c1. The molecule has 1 aromatic carbocycles. The number of ether oxygens (including phenoxy) is 1. The van der Waals surface area contributed by atoms with Crippen LogP contribution in [0.3, 0.4) is 0 Å². The first-order valence-electron chi connectivity index (χ1n) is 4.89. The Kier molecular flexibility index (Phi) is 4.99. The molecule has 0 heterocycles. The maximum absolute atomic E-state index is 5.93. The van der Waals surface area contributed by atoms with E-state index in [1.54, 1.807) is 7.11 Å². The molecule has 1 aromatic rings. The van der Waals surface area contributed by atoms with Gasteiger partial charge in [0.25, 0.3) is 0 Å². The molecule has 0 spiro atoms. The fraction of sp³-hybridized carbons (Fsp3) is 0.500. The second kappa shape index (κ2) is 6.05. The standard InChI is InChI=1S/C12H17ClO/c1-10-4-3-5-11(8-10)12(9-13)6-7-14-2/h3-5,8,12H,6-7,9H2,1-2H3. The summed E-state index contributed by atoms with van der Waals surface area (Å²) in [6, 6.07) is 8.51. The fourth-order valence-electron chi connectivity index (χ4n) is 1.52. The van der Waals surface area contributed by atoms with Crippen molar-refractivity contribution in [3.8, 4) is 0 Å². The average Bonchev–Trinajstić information content (AvgIpc) is 2.19. The minimum absolute atomic E-state index is 0.413. The summed E-state index contributed by atoms with van der Waals surface area (Å²) >= 11 is 5.93. The number of aryl methyl sites for hydroxylation is 1. The Labute approximate surface area is 91.0 Å². The molecule has 2 heteroatoms. The van der Waals surface area contributed by atoms with Gasteiger partial charge in [0.2, 0.25) is 0 Å². The highest BCUT2D eigenvalue weighted by atomic mass is 35.5. The molecule has 78 valence electrons. The molecule has 14 heavy (non-hydrogen) atoms. The maximum atomic E-state index is 5.93. The van der Waals surface area contributed by atoms with Gasteiger partial charge in [-0.3, -0.25) is 0 Å². The van der Waals surface area contributed by atoms with Crippen molar-refractivity contribution in [3.63, 3.8) is 0 Å². The molecule has 0 aliphatic heterocycles.